The van der Waals surface area contributed by atoms with E-state index in [-0.39, 0.29) is 17.6 Å². The van der Waals surface area contributed by atoms with E-state index in [0.29, 0.717) is 12.5 Å². The van der Waals surface area contributed by atoms with Gasteiger partial charge in [0.05, 0.1) is 5.92 Å². The number of anilines is 2. The van der Waals surface area contributed by atoms with E-state index in [0.717, 1.165) is 41.8 Å². The van der Waals surface area contributed by atoms with E-state index in [4.69, 9.17) is 0 Å². The molecule has 0 spiro atoms. The first kappa shape index (κ1) is 19.1. The molecule has 1 aromatic heterocycles. The average Bonchev–Trinajstić information content (AvgIpc) is 2.76. The topological polar surface area (TPSA) is 58.1 Å². The van der Waals surface area contributed by atoms with E-state index in [9.17, 15) is 9.18 Å². The van der Waals surface area contributed by atoms with Crippen LogP contribution in [0, 0.1) is 18.7 Å². The molecule has 0 radical (unpaired) electrons. The fraction of sp³-hybridized carbons (Fsp3) is 0.261. The molecule has 29 heavy (non-hydrogen) atoms. The number of nitrogens with zero attached hydrogens (tertiary/aromatic N) is 3. The van der Waals surface area contributed by atoms with Crippen molar-refractivity contribution in [3.8, 4) is 11.1 Å². The highest BCUT2D eigenvalue weighted by Gasteiger charge is 2.27. The highest BCUT2D eigenvalue weighted by molar-refractivity contribution is 5.93. The lowest BCUT2D eigenvalue weighted by Gasteiger charge is -2.32. The van der Waals surface area contributed by atoms with Crippen LogP contribution in [0.4, 0.5) is 16.0 Å². The van der Waals surface area contributed by atoms with Crippen LogP contribution in [0.1, 0.15) is 18.4 Å². The number of hydrogen-bond donors (Lipinski definition) is 1. The van der Waals surface area contributed by atoms with Crippen molar-refractivity contribution >= 4 is 17.5 Å². The molecule has 5 nitrogen and oxygen atoms in total. The SMILES string of the molecule is Cc1ccc(NC(=O)C2CCCN(c3ncc(-c4ccc(F)cc4)cn3)C2)cc1. The number of aromatic nitrogens is 2. The molecule has 1 N–H and O–H groups in total. The van der Waals surface area contributed by atoms with Crippen LogP contribution in [-0.4, -0.2) is 29.0 Å². The van der Waals surface area contributed by atoms with Crippen LogP contribution in [0.15, 0.2) is 60.9 Å². The van der Waals surface area contributed by atoms with Crippen molar-refractivity contribution in [3.63, 3.8) is 0 Å². The van der Waals surface area contributed by atoms with Crippen molar-refractivity contribution in [1.82, 2.24) is 9.97 Å². The van der Waals surface area contributed by atoms with Crippen LogP contribution in [0.2, 0.25) is 0 Å². The van der Waals surface area contributed by atoms with Crippen LogP contribution in [-0.2, 0) is 4.79 Å². The van der Waals surface area contributed by atoms with E-state index in [1.807, 2.05) is 31.2 Å². The highest BCUT2D eigenvalue weighted by atomic mass is 19.1. The number of carbonyl (C=O) groups excluding carboxylic acids is 1. The van der Waals surface area contributed by atoms with E-state index in [2.05, 4.69) is 20.2 Å². The second-order valence-corrected chi connectivity index (χ2v) is 7.42. The molecule has 1 amide bonds. The van der Waals surface area contributed by atoms with Crippen molar-refractivity contribution in [2.75, 3.05) is 23.3 Å². The standard InChI is InChI=1S/C23H23FN4O/c1-16-4-10-21(11-5-16)27-22(29)18-3-2-12-28(15-18)23-25-13-19(14-26-23)17-6-8-20(24)9-7-17/h4-11,13-14,18H,2-3,12,15H2,1H3,(H,27,29). The number of nitrogens with one attached hydrogen (secondary N) is 1. The molecule has 1 saturated heterocycles. The predicted molar refractivity (Wildman–Crippen MR) is 112 cm³/mol. The number of amides is 1. The van der Waals surface area contributed by atoms with Crippen LogP contribution in [0.3, 0.4) is 0 Å². The van der Waals surface area contributed by atoms with Crippen LogP contribution in [0.5, 0.6) is 0 Å². The molecule has 1 atom stereocenters. The highest BCUT2D eigenvalue weighted by Crippen LogP contribution is 2.24. The van der Waals surface area contributed by atoms with Crippen molar-refractivity contribution in [1.29, 1.82) is 0 Å². The summed E-state index contributed by atoms with van der Waals surface area (Å²) >= 11 is 0. The molecule has 1 aliphatic heterocycles. The van der Waals surface area contributed by atoms with Crippen LogP contribution < -0.4 is 10.2 Å². The molecule has 3 aromatic rings. The molecule has 1 aliphatic rings. The fourth-order valence-electron chi connectivity index (χ4n) is 3.53. The minimum absolute atomic E-state index is 0.0292. The maximum absolute atomic E-state index is 13.1. The van der Waals surface area contributed by atoms with Crippen molar-refractivity contribution in [3.05, 3.63) is 72.3 Å². The summed E-state index contributed by atoms with van der Waals surface area (Å²) in [4.78, 5) is 23.7. The van der Waals surface area contributed by atoms with Gasteiger partial charge in [-0.05, 0) is 49.6 Å². The lowest BCUT2D eigenvalue weighted by Crippen LogP contribution is -2.41. The first-order chi connectivity index (χ1) is 14.1. The normalized spacial score (nSPS) is 16.5. The summed E-state index contributed by atoms with van der Waals surface area (Å²) in [5.41, 5.74) is 3.68. The number of halogens is 1. The van der Waals surface area contributed by atoms with Gasteiger partial charge in [-0.3, -0.25) is 4.79 Å². The number of benzene rings is 2. The first-order valence-corrected chi connectivity index (χ1v) is 9.79. The third-order valence-corrected chi connectivity index (χ3v) is 5.21. The van der Waals surface area contributed by atoms with Crippen molar-refractivity contribution in [2.24, 2.45) is 5.92 Å². The monoisotopic (exact) mass is 390 g/mol. The van der Waals surface area contributed by atoms with Gasteiger partial charge in [0, 0.05) is 36.7 Å². The Labute approximate surface area is 169 Å². The van der Waals surface area contributed by atoms with E-state index in [1.165, 1.54) is 12.1 Å². The van der Waals surface area contributed by atoms with E-state index in [1.54, 1.807) is 24.5 Å². The summed E-state index contributed by atoms with van der Waals surface area (Å²) in [6, 6.07) is 14.1. The third-order valence-electron chi connectivity index (χ3n) is 5.21. The summed E-state index contributed by atoms with van der Waals surface area (Å²) < 4.78 is 13.1. The lowest BCUT2D eigenvalue weighted by molar-refractivity contribution is -0.120. The summed E-state index contributed by atoms with van der Waals surface area (Å²) in [5.74, 6) is 0.269. The predicted octanol–water partition coefficient (Wildman–Crippen LogP) is 4.45. The largest absolute Gasteiger partial charge is 0.340 e. The number of carbonyl (C=O) groups is 1. The van der Waals surface area contributed by atoms with Gasteiger partial charge in [-0.15, -0.1) is 0 Å². The lowest BCUT2D eigenvalue weighted by atomic mass is 9.97. The van der Waals surface area contributed by atoms with Crippen molar-refractivity contribution in [2.45, 2.75) is 19.8 Å². The molecule has 1 fully saturated rings. The van der Waals surface area contributed by atoms with Gasteiger partial charge in [0.2, 0.25) is 11.9 Å². The molecule has 6 heteroatoms. The Morgan fingerprint density at radius 1 is 1.03 bits per heavy atom. The summed E-state index contributed by atoms with van der Waals surface area (Å²) in [7, 11) is 0. The molecule has 0 saturated carbocycles. The second-order valence-electron chi connectivity index (χ2n) is 7.42. The number of rotatable bonds is 4. The number of hydrogen-bond acceptors (Lipinski definition) is 4. The van der Waals surface area contributed by atoms with Crippen LogP contribution >= 0.6 is 0 Å². The third kappa shape index (κ3) is 4.59. The summed E-state index contributed by atoms with van der Waals surface area (Å²) in [5, 5.41) is 3.01. The Balaban J connectivity index is 1.41. The summed E-state index contributed by atoms with van der Waals surface area (Å²) in [6.45, 7) is 3.43. The van der Waals surface area contributed by atoms with Gasteiger partial charge in [0.1, 0.15) is 5.82 Å². The quantitative estimate of drug-likeness (QED) is 0.715. The number of aryl methyl sites for hydroxylation is 1. The van der Waals surface area contributed by atoms with Gasteiger partial charge in [-0.25, -0.2) is 14.4 Å². The Hall–Kier alpha value is -3.28. The fourth-order valence-corrected chi connectivity index (χ4v) is 3.53. The van der Waals surface area contributed by atoms with Gasteiger partial charge in [-0.1, -0.05) is 29.8 Å². The first-order valence-electron chi connectivity index (χ1n) is 9.79. The Morgan fingerprint density at radius 3 is 2.41 bits per heavy atom. The Bertz CT molecular complexity index is 971. The van der Waals surface area contributed by atoms with E-state index < -0.39 is 0 Å². The van der Waals surface area contributed by atoms with Gasteiger partial charge < -0.3 is 10.2 Å². The van der Waals surface area contributed by atoms with Gasteiger partial charge in [0.15, 0.2) is 0 Å². The zero-order chi connectivity index (χ0) is 20.2. The Kier molecular flexibility index (Phi) is 5.51. The number of piperidine rings is 1. The molecule has 2 aromatic carbocycles. The smallest absolute Gasteiger partial charge is 0.229 e. The average molecular weight is 390 g/mol. The van der Waals surface area contributed by atoms with Gasteiger partial charge >= 0.3 is 0 Å². The minimum atomic E-state index is -0.269. The minimum Gasteiger partial charge on any atom is -0.340 e. The zero-order valence-corrected chi connectivity index (χ0v) is 16.3. The molecule has 0 bridgehead atoms. The molecular formula is C23H23FN4O. The molecular weight excluding hydrogens is 367 g/mol. The molecule has 148 valence electrons. The molecule has 4 rings (SSSR count). The maximum atomic E-state index is 13.1. The van der Waals surface area contributed by atoms with Crippen LogP contribution in [0.25, 0.3) is 11.1 Å². The second kappa shape index (κ2) is 8.39. The van der Waals surface area contributed by atoms with Gasteiger partial charge in [0.25, 0.3) is 0 Å². The molecule has 0 aliphatic carbocycles. The summed E-state index contributed by atoms with van der Waals surface area (Å²) in [6.07, 6.45) is 5.24. The maximum Gasteiger partial charge on any atom is 0.229 e. The van der Waals surface area contributed by atoms with Gasteiger partial charge in [-0.2, -0.15) is 0 Å². The van der Waals surface area contributed by atoms with E-state index >= 15 is 0 Å². The Morgan fingerprint density at radius 2 is 1.72 bits per heavy atom. The zero-order valence-electron chi connectivity index (χ0n) is 16.3. The molecule has 2 heterocycles. The van der Waals surface area contributed by atoms with Crippen molar-refractivity contribution < 1.29 is 9.18 Å². The molecule has 1 unspecified atom stereocenters.